The molecule has 0 saturated carbocycles. The second-order valence-electron chi connectivity index (χ2n) is 4.19. The fourth-order valence-electron chi connectivity index (χ4n) is 1.62. The smallest absolute Gasteiger partial charge is 0.326 e. The highest BCUT2D eigenvalue weighted by molar-refractivity contribution is 7.19. The molecule has 0 bridgehead atoms. The quantitative estimate of drug-likeness (QED) is 0.907. The number of aromatic amines is 1. The number of hydrogen-bond acceptors (Lipinski definition) is 4. The van der Waals surface area contributed by atoms with Gasteiger partial charge in [-0.25, -0.2) is 4.79 Å². The van der Waals surface area contributed by atoms with Crippen LogP contribution in [0.15, 0.2) is 18.3 Å². The molecule has 0 radical (unpaired) electrons. The van der Waals surface area contributed by atoms with Crippen molar-refractivity contribution in [3.63, 3.8) is 0 Å². The fourth-order valence-corrected chi connectivity index (χ4v) is 2.67. The highest BCUT2D eigenvalue weighted by atomic mass is 35.5. The van der Waals surface area contributed by atoms with Gasteiger partial charge in [0.2, 0.25) is 0 Å². The second kappa shape index (κ2) is 5.64. The van der Waals surface area contributed by atoms with Gasteiger partial charge >= 0.3 is 5.97 Å². The number of nitrogens with one attached hydrogen (secondary N) is 1. The molecule has 6 nitrogen and oxygen atoms in total. The van der Waals surface area contributed by atoms with Crippen LogP contribution in [-0.4, -0.2) is 45.2 Å². The molecule has 0 aromatic carbocycles. The number of aromatic nitrogens is 2. The van der Waals surface area contributed by atoms with E-state index in [1.165, 1.54) is 31.5 Å². The Morgan fingerprint density at radius 1 is 1.50 bits per heavy atom. The molecule has 1 amide bonds. The number of halogens is 1. The van der Waals surface area contributed by atoms with Gasteiger partial charge in [-0.3, -0.25) is 9.89 Å². The normalized spacial score (nSPS) is 12.2. The van der Waals surface area contributed by atoms with E-state index in [0.29, 0.717) is 15.6 Å². The predicted octanol–water partition coefficient (Wildman–Crippen LogP) is 2.34. The molecule has 20 heavy (non-hydrogen) atoms. The van der Waals surface area contributed by atoms with Crippen LogP contribution >= 0.6 is 22.9 Å². The summed E-state index contributed by atoms with van der Waals surface area (Å²) in [5.41, 5.74) is 0.857. The first-order valence-corrected chi connectivity index (χ1v) is 6.90. The number of carbonyl (C=O) groups excluding carboxylic acids is 1. The number of carboxylic acid groups (broad SMARTS) is 1. The van der Waals surface area contributed by atoms with Crippen molar-refractivity contribution >= 4 is 34.8 Å². The Hall–Kier alpha value is -1.86. The van der Waals surface area contributed by atoms with E-state index in [-0.39, 0.29) is 0 Å². The molecule has 0 spiro atoms. The van der Waals surface area contributed by atoms with Crippen LogP contribution in [0, 0.1) is 0 Å². The third-order valence-corrected chi connectivity index (χ3v) is 4.20. The molecule has 1 atom stereocenters. The standard InChI is InChI=1S/C12H12ClN3O3S/c1-6(12(18)19)16(2)11(17)7-5-14-15-10(7)8-3-4-9(13)20-8/h3-6H,1-2H3,(H,14,15)(H,18,19). The number of aliphatic carboxylic acids is 1. The van der Waals surface area contributed by atoms with Crippen LogP contribution in [0.3, 0.4) is 0 Å². The Labute approximate surface area is 124 Å². The summed E-state index contributed by atoms with van der Waals surface area (Å²) in [4.78, 5) is 25.2. The van der Waals surface area contributed by atoms with Gasteiger partial charge in [0, 0.05) is 7.05 Å². The van der Waals surface area contributed by atoms with E-state index in [0.717, 1.165) is 9.78 Å². The summed E-state index contributed by atoms with van der Waals surface area (Å²) in [6.07, 6.45) is 1.39. The van der Waals surface area contributed by atoms with Gasteiger partial charge in [-0.15, -0.1) is 11.3 Å². The lowest BCUT2D eigenvalue weighted by molar-refractivity contribution is -0.141. The molecule has 2 rings (SSSR count). The van der Waals surface area contributed by atoms with Gasteiger partial charge in [0.05, 0.1) is 26.7 Å². The summed E-state index contributed by atoms with van der Waals surface area (Å²) in [6.45, 7) is 1.45. The maximum Gasteiger partial charge on any atom is 0.326 e. The van der Waals surface area contributed by atoms with E-state index in [1.807, 2.05) is 0 Å². The van der Waals surface area contributed by atoms with Gasteiger partial charge in [-0.2, -0.15) is 5.10 Å². The van der Waals surface area contributed by atoms with Crippen LogP contribution in [-0.2, 0) is 4.79 Å². The first-order chi connectivity index (χ1) is 9.41. The molecular weight excluding hydrogens is 302 g/mol. The van der Waals surface area contributed by atoms with Crippen molar-refractivity contribution in [1.29, 1.82) is 0 Å². The Morgan fingerprint density at radius 2 is 2.20 bits per heavy atom. The summed E-state index contributed by atoms with van der Waals surface area (Å²) in [6, 6.07) is 2.58. The van der Waals surface area contributed by atoms with Crippen LogP contribution in [0.1, 0.15) is 17.3 Å². The first-order valence-electron chi connectivity index (χ1n) is 5.71. The van der Waals surface area contributed by atoms with E-state index in [4.69, 9.17) is 16.7 Å². The van der Waals surface area contributed by atoms with Crippen molar-refractivity contribution in [2.75, 3.05) is 7.05 Å². The maximum absolute atomic E-state index is 12.3. The number of nitrogens with zero attached hydrogens (tertiary/aromatic N) is 2. The molecule has 0 fully saturated rings. The number of carbonyl (C=O) groups is 2. The van der Waals surface area contributed by atoms with E-state index < -0.39 is 17.9 Å². The number of amides is 1. The molecule has 2 heterocycles. The molecular formula is C12H12ClN3O3S. The Balaban J connectivity index is 2.33. The number of rotatable bonds is 4. The van der Waals surface area contributed by atoms with Crippen molar-refractivity contribution in [2.45, 2.75) is 13.0 Å². The maximum atomic E-state index is 12.3. The minimum Gasteiger partial charge on any atom is -0.480 e. The molecule has 0 aliphatic heterocycles. The Kier molecular flexibility index (Phi) is 4.10. The summed E-state index contributed by atoms with van der Waals surface area (Å²) in [7, 11) is 1.44. The highest BCUT2D eigenvalue weighted by Gasteiger charge is 2.26. The number of H-pyrrole nitrogens is 1. The van der Waals surface area contributed by atoms with E-state index in [9.17, 15) is 9.59 Å². The highest BCUT2D eigenvalue weighted by Crippen LogP contribution is 2.32. The molecule has 2 N–H and O–H groups in total. The first kappa shape index (κ1) is 14.5. The Bertz CT molecular complexity index is 652. The molecule has 0 saturated heterocycles. The number of likely N-dealkylation sites (N-methyl/N-ethyl adjacent to an activating group) is 1. The lowest BCUT2D eigenvalue weighted by atomic mass is 10.1. The van der Waals surface area contributed by atoms with Crippen LogP contribution < -0.4 is 0 Å². The van der Waals surface area contributed by atoms with E-state index in [1.54, 1.807) is 12.1 Å². The van der Waals surface area contributed by atoms with Gasteiger partial charge in [-0.1, -0.05) is 11.6 Å². The monoisotopic (exact) mass is 313 g/mol. The van der Waals surface area contributed by atoms with Gasteiger partial charge in [0.1, 0.15) is 6.04 Å². The summed E-state index contributed by atoms with van der Waals surface area (Å²) in [5, 5.41) is 15.6. The second-order valence-corrected chi connectivity index (χ2v) is 5.91. The largest absolute Gasteiger partial charge is 0.480 e. The minimum absolute atomic E-state index is 0.319. The number of thiophene rings is 1. The van der Waals surface area contributed by atoms with Gasteiger partial charge in [0.25, 0.3) is 5.91 Å². The zero-order chi connectivity index (χ0) is 14.9. The van der Waals surface area contributed by atoms with Gasteiger partial charge in [-0.05, 0) is 19.1 Å². The Morgan fingerprint density at radius 3 is 2.75 bits per heavy atom. The van der Waals surface area contributed by atoms with Gasteiger partial charge in [0.15, 0.2) is 0 Å². The molecule has 0 aliphatic carbocycles. The topological polar surface area (TPSA) is 86.3 Å². The molecule has 8 heteroatoms. The summed E-state index contributed by atoms with van der Waals surface area (Å²) in [5.74, 6) is -1.47. The van der Waals surface area contributed by atoms with E-state index in [2.05, 4.69) is 10.2 Å². The minimum atomic E-state index is -1.06. The van der Waals surface area contributed by atoms with Crippen molar-refractivity contribution in [1.82, 2.24) is 15.1 Å². The van der Waals surface area contributed by atoms with Crippen molar-refractivity contribution in [3.8, 4) is 10.6 Å². The third-order valence-electron chi connectivity index (χ3n) is 2.95. The third kappa shape index (κ3) is 2.68. The summed E-state index contributed by atoms with van der Waals surface area (Å²) >= 11 is 7.19. The van der Waals surface area contributed by atoms with Crippen LogP contribution in [0.25, 0.3) is 10.6 Å². The average Bonchev–Trinajstić information content (AvgIpc) is 3.03. The molecule has 2 aromatic heterocycles. The predicted molar refractivity (Wildman–Crippen MR) is 76.1 cm³/mol. The lowest BCUT2D eigenvalue weighted by Crippen LogP contribution is -2.40. The molecule has 0 aliphatic rings. The SMILES string of the molecule is CC(C(=O)O)N(C)C(=O)c1cn[nH]c1-c1ccc(Cl)s1. The average molecular weight is 314 g/mol. The zero-order valence-corrected chi connectivity index (χ0v) is 12.3. The van der Waals surface area contributed by atoms with E-state index >= 15 is 0 Å². The number of carboxylic acids is 1. The van der Waals surface area contributed by atoms with Crippen molar-refractivity contribution in [3.05, 3.63) is 28.2 Å². The van der Waals surface area contributed by atoms with Crippen molar-refractivity contribution < 1.29 is 14.7 Å². The zero-order valence-electron chi connectivity index (χ0n) is 10.8. The molecule has 1 unspecified atom stereocenters. The van der Waals surface area contributed by atoms with Crippen LogP contribution in [0.4, 0.5) is 0 Å². The van der Waals surface area contributed by atoms with Crippen LogP contribution in [0.5, 0.6) is 0 Å². The summed E-state index contributed by atoms with van der Waals surface area (Å²) < 4.78 is 0.597. The van der Waals surface area contributed by atoms with Crippen molar-refractivity contribution in [2.24, 2.45) is 0 Å². The van der Waals surface area contributed by atoms with Crippen LogP contribution in [0.2, 0.25) is 4.34 Å². The molecule has 106 valence electrons. The fraction of sp³-hybridized carbons (Fsp3) is 0.250. The number of hydrogen-bond donors (Lipinski definition) is 2. The lowest BCUT2D eigenvalue weighted by Gasteiger charge is -2.21. The van der Waals surface area contributed by atoms with Gasteiger partial charge < -0.3 is 10.0 Å². The molecule has 2 aromatic rings.